The summed E-state index contributed by atoms with van der Waals surface area (Å²) in [6, 6.07) is 6.29. The molecule has 0 bridgehead atoms. The SMILES string of the molecule is O=C(OC1([C@H]2CCC[C@@H](c3cccc(F)c3)N2S(=O)(=O)c2ccc(F)cc2F)CC1)N1CCC(CO)CC1. The van der Waals surface area contributed by atoms with E-state index in [0.717, 1.165) is 12.1 Å². The van der Waals surface area contributed by atoms with Crippen LogP contribution in [-0.2, 0) is 14.8 Å². The highest BCUT2D eigenvalue weighted by molar-refractivity contribution is 7.89. The van der Waals surface area contributed by atoms with Gasteiger partial charge in [0.2, 0.25) is 10.0 Å². The predicted molar refractivity (Wildman–Crippen MR) is 132 cm³/mol. The van der Waals surface area contributed by atoms with Crippen LogP contribution in [0.2, 0.25) is 0 Å². The fourth-order valence-corrected chi connectivity index (χ4v) is 7.76. The van der Waals surface area contributed by atoms with E-state index in [4.69, 9.17) is 4.74 Å². The lowest BCUT2D eigenvalue weighted by atomic mass is 9.90. The number of amides is 1. The number of nitrogens with zero attached hydrogens (tertiary/aromatic N) is 2. The first kappa shape index (κ1) is 27.0. The number of hydrogen-bond acceptors (Lipinski definition) is 5. The number of aliphatic hydroxyl groups is 1. The van der Waals surface area contributed by atoms with Gasteiger partial charge in [0, 0.05) is 25.8 Å². The number of benzene rings is 2. The van der Waals surface area contributed by atoms with Gasteiger partial charge in [-0.2, -0.15) is 4.31 Å². The van der Waals surface area contributed by atoms with Gasteiger partial charge in [-0.3, -0.25) is 0 Å². The van der Waals surface area contributed by atoms with Gasteiger partial charge in [0.25, 0.3) is 0 Å². The summed E-state index contributed by atoms with van der Waals surface area (Å²) < 4.78 is 77.9. The Balaban J connectivity index is 1.50. The number of hydrogen-bond donors (Lipinski definition) is 1. The number of carbonyl (C=O) groups excluding carboxylic acids is 1. The Bertz CT molecular complexity index is 1300. The molecular formula is C27H31F3N2O5S. The number of likely N-dealkylation sites (tertiary alicyclic amines) is 1. The number of sulfonamides is 1. The summed E-state index contributed by atoms with van der Waals surface area (Å²) in [6.45, 7) is 0.919. The number of piperidine rings is 2. The zero-order chi connectivity index (χ0) is 27.1. The number of aliphatic hydroxyl groups excluding tert-OH is 1. The van der Waals surface area contributed by atoms with Crippen LogP contribution in [0.4, 0.5) is 18.0 Å². The molecule has 2 atom stereocenters. The van der Waals surface area contributed by atoms with Crippen LogP contribution in [-0.4, -0.2) is 60.2 Å². The highest BCUT2D eigenvalue weighted by Crippen LogP contribution is 2.53. The predicted octanol–water partition coefficient (Wildman–Crippen LogP) is 4.76. The molecule has 2 saturated heterocycles. The van der Waals surface area contributed by atoms with Crippen LogP contribution in [0, 0.1) is 23.4 Å². The van der Waals surface area contributed by atoms with Gasteiger partial charge in [0.1, 0.15) is 27.9 Å². The van der Waals surface area contributed by atoms with Crippen molar-refractivity contribution in [1.29, 1.82) is 0 Å². The first-order valence-corrected chi connectivity index (χ1v) is 14.4. The summed E-state index contributed by atoms with van der Waals surface area (Å²) in [4.78, 5) is 14.0. The average molecular weight is 553 g/mol. The summed E-state index contributed by atoms with van der Waals surface area (Å²) in [5.41, 5.74) is -0.686. The third-order valence-corrected chi connectivity index (χ3v) is 9.97. The van der Waals surface area contributed by atoms with Crippen molar-refractivity contribution < 1.29 is 36.2 Å². The monoisotopic (exact) mass is 552 g/mol. The van der Waals surface area contributed by atoms with Gasteiger partial charge in [0.15, 0.2) is 0 Å². The zero-order valence-corrected chi connectivity index (χ0v) is 21.7. The second kappa shape index (κ2) is 10.5. The van der Waals surface area contributed by atoms with Crippen molar-refractivity contribution in [3.8, 4) is 0 Å². The number of carbonyl (C=O) groups is 1. The van der Waals surface area contributed by atoms with Gasteiger partial charge >= 0.3 is 6.09 Å². The van der Waals surface area contributed by atoms with Crippen molar-refractivity contribution in [3.63, 3.8) is 0 Å². The van der Waals surface area contributed by atoms with E-state index in [1.807, 2.05) is 0 Å². The molecule has 2 aromatic carbocycles. The molecule has 38 heavy (non-hydrogen) atoms. The van der Waals surface area contributed by atoms with Crippen LogP contribution in [0.3, 0.4) is 0 Å². The van der Waals surface area contributed by atoms with E-state index >= 15 is 0 Å². The third kappa shape index (κ3) is 5.15. The molecule has 0 spiro atoms. The van der Waals surface area contributed by atoms with Crippen molar-refractivity contribution >= 4 is 16.1 Å². The molecule has 11 heteroatoms. The molecule has 0 aromatic heterocycles. The Labute approximate surface area is 220 Å². The van der Waals surface area contributed by atoms with Crippen molar-refractivity contribution in [3.05, 3.63) is 65.5 Å². The lowest BCUT2D eigenvalue weighted by Crippen LogP contribution is -2.54. The first-order chi connectivity index (χ1) is 18.1. The van der Waals surface area contributed by atoms with Crippen molar-refractivity contribution in [1.82, 2.24) is 9.21 Å². The summed E-state index contributed by atoms with van der Waals surface area (Å²) in [6.07, 6.45) is 2.94. The minimum Gasteiger partial charge on any atom is -0.441 e. The second-order valence-corrected chi connectivity index (χ2v) is 12.3. The molecule has 1 amide bonds. The Morgan fingerprint density at radius 1 is 1.00 bits per heavy atom. The van der Waals surface area contributed by atoms with Crippen molar-refractivity contribution in [2.24, 2.45) is 5.92 Å². The van der Waals surface area contributed by atoms with Gasteiger partial charge < -0.3 is 14.7 Å². The molecule has 1 aliphatic carbocycles. The second-order valence-electron chi connectivity index (χ2n) is 10.5. The summed E-state index contributed by atoms with van der Waals surface area (Å²) in [7, 11) is -4.55. The molecule has 3 aliphatic rings. The third-order valence-electron chi connectivity index (χ3n) is 8.02. The molecule has 3 fully saturated rings. The normalized spacial score (nSPS) is 24.3. The minimum atomic E-state index is -4.55. The van der Waals surface area contributed by atoms with E-state index < -0.39 is 56.1 Å². The topological polar surface area (TPSA) is 87.2 Å². The van der Waals surface area contributed by atoms with E-state index in [1.54, 1.807) is 11.0 Å². The van der Waals surface area contributed by atoms with E-state index in [9.17, 15) is 31.5 Å². The molecule has 2 heterocycles. The Morgan fingerprint density at radius 2 is 1.71 bits per heavy atom. The van der Waals surface area contributed by atoms with Crippen molar-refractivity contribution in [2.75, 3.05) is 19.7 Å². The smallest absolute Gasteiger partial charge is 0.410 e. The van der Waals surface area contributed by atoms with Gasteiger partial charge in [-0.05, 0) is 80.7 Å². The maximum atomic E-state index is 14.8. The first-order valence-electron chi connectivity index (χ1n) is 13.0. The maximum absolute atomic E-state index is 14.8. The highest BCUT2D eigenvalue weighted by atomic mass is 32.2. The van der Waals surface area contributed by atoms with Crippen LogP contribution < -0.4 is 0 Å². The molecule has 7 nitrogen and oxygen atoms in total. The Hall–Kier alpha value is -2.63. The summed E-state index contributed by atoms with van der Waals surface area (Å²) >= 11 is 0. The number of ether oxygens (including phenoxy) is 1. The summed E-state index contributed by atoms with van der Waals surface area (Å²) in [5.74, 6) is -2.53. The molecule has 5 rings (SSSR count). The zero-order valence-electron chi connectivity index (χ0n) is 20.9. The molecule has 2 aromatic rings. The fraction of sp³-hybridized carbons (Fsp3) is 0.519. The van der Waals surface area contributed by atoms with E-state index in [2.05, 4.69) is 0 Å². The molecule has 206 valence electrons. The fourth-order valence-electron chi connectivity index (χ4n) is 5.79. The average Bonchev–Trinajstić information content (AvgIpc) is 3.68. The largest absolute Gasteiger partial charge is 0.441 e. The van der Waals surface area contributed by atoms with E-state index in [1.165, 1.54) is 22.5 Å². The molecule has 0 radical (unpaired) electrons. The van der Waals surface area contributed by atoms with Crippen LogP contribution >= 0.6 is 0 Å². The quantitative estimate of drug-likeness (QED) is 0.559. The van der Waals surface area contributed by atoms with Crippen LogP contribution in [0.5, 0.6) is 0 Å². The lowest BCUT2D eigenvalue weighted by molar-refractivity contribution is -0.0133. The molecule has 1 saturated carbocycles. The van der Waals surface area contributed by atoms with E-state index in [-0.39, 0.29) is 12.5 Å². The van der Waals surface area contributed by atoms with Gasteiger partial charge in [0.05, 0.1) is 12.1 Å². The molecule has 2 aliphatic heterocycles. The lowest BCUT2D eigenvalue weighted by Gasteiger charge is -2.45. The van der Waals surface area contributed by atoms with Crippen LogP contribution in [0.25, 0.3) is 0 Å². The number of rotatable bonds is 6. The Morgan fingerprint density at radius 3 is 2.34 bits per heavy atom. The standard InChI is InChI=1S/C27H31F3N2O5S/c28-20-4-1-3-19(15-20)23-5-2-6-25(32(23)38(35,36)24-8-7-21(29)16-22(24)30)27(11-12-27)37-26(34)31-13-9-18(17-33)10-14-31/h1,3-4,7-8,15-16,18,23,25,33H,2,5-6,9-14,17H2/t23-,25+/m0/s1. The summed E-state index contributed by atoms with van der Waals surface area (Å²) in [5, 5.41) is 9.38. The van der Waals surface area contributed by atoms with Crippen LogP contribution in [0.1, 0.15) is 56.6 Å². The molecular weight excluding hydrogens is 521 g/mol. The van der Waals surface area contributed by atoms with Gasteiger partial charge in [-0.25, -0.2) is 26.4 Å². The Kier molecular flexibility index (Phi) is 7.45. The van der Waals surface area contributed by atoms with Crippen LogP contribution in [0.15, 0.2) is 47.4 Å². The van der Waals surface area contributed by atoms with Gasteiger partial charge in [-0.1, -0.05) is 12.1 Å². The minimum absolute atomic E-state index is 0.0587. The number of halogens is 3. The van der Waals surface area contributed by atoms with Gasteiger partial charge in [-0.15, -0.1) is 0 Å². The molecule has 0 unspecified atom stereocenters. The van der Waals surface area contributed by atoms with E-state index in [0.29, 0.717) is 69.7 Å². The van der Waals surface area contributed by atoms with Crippen molar-refractivity contribution in [2.45, 2.75) is 67.5 Å². The highest BCUT2D eigenvalue weighted by Gasteiger charge is 2.60. The molecule has 1 N–H and O–H groups in total. The maximum Gasteiger partial charge on any atom is 0.410 e.